The van der Waals surface area contributed by atoms with Crippen molar-refractivity contribution in [1.29, 1.82) is 0 Å². The quantitative estimate of drug-likeness (QED) is 0.407. The number of ketones is 1. The van der Waals surface area contributed by atoms with Crippen molar-refractivity contribution >= 4 is 29.0 Å². The topological polar surface area (TPSA) is 83.9 Å². The van der Waals surface area contributed by atoms with E-state index >= 15 is 0 Å². The average molecular weight is 502 g/mol. The number of benzene rings is 1. The largest absolute Gasteiger partial charge is 0.486 e. The van der Waals surface area contributed by atoms with Crippen molar-refractivity contribution in [2.24, 2.45) is 5.41 Å². The summed E-state index contributed by atoms with van der Waals surface area (Å²) in [6.07, 6.45) is 2.72. The molecule has 1 heterocycles. The number of amides is 1. The Morgan fingerprint density at radius 2 is 1.71 bits per heavy atom. The van der Waals surface area contributed by atoms with Gasteiger partial charge in [-0.1, -0.05) is 53.2 Å². The maximum Gasteiger partial charge on any atom is 0.323 e. The smallest absolute Gasteiger partial charge is 0.323 e. The molecule has 1 aromatic heterocycles. The van der Waals surface area contributed by atoms with Gasteiger partial charge in [-0.15, -0.1) is 11.3 Å². The number of aryl methyl sites for hydroxylation is 2. The van der Waals surface area contributed by atoms with Gasteiger partial charge in [0.1, 0.15) is 18.9 Å². The number of carbonyl (C=O) groups excluding carboxylic acids is 2. The molecule has 0 fully saturated rings. The van der Waals surface area contributed by atoms with Crippen molar-refractivity contribution < 1.29 is 24.2 Å². The lowest BCUT2D eigenvalue weighted by Gasteiger charge is -2.33. The second-order valence-electron chi connectivity index (χ2n) is 10.3. The molecule has 2 aromatic rings. The zero-order valence-corrected chi connectivity index (χ0v) is 23.1. The molecule has 1 aromatic carbocycles. The number of carboxylic acids is 1. The number of carboxylic acid groups (broad SMARTS) is 1. The Labute approximate surface area is 213 Å². The van der Waals surface area contributed by atoms with Gasteiger partial charge in [-0.25, -0.2) is 0 Å². The van der Waals surface area contributed by atoms with Gasteiger partial charge in [0.25, 0.3) is 5.91 Å². The number of carbonyl (C=O) groups is 3. The molecule has 0 aliphatic heterocycles. The molecule has 0 saturated heterocycles. The molecule has 1 atom stereocenters. The van der Waals surface area contributed by atoms with Gasteiger partial charge in [-0.2, -0.15) is 0 Å². The van der Waals surface area contributed by atoms with Crippen LogP contribution in [0.3, 0.4) is 0 Å². The van der Waals surface area contributed by atoms with E-state index in [0.717, 1.165) is 40.8 Å². The Bertz CT molecular complexity index is 1080. The number of rotatable bonds is 11. The minimum atomic E-state index is -1.04. The third-order valence-corrected chi connectivity index (χ3v) is 7.94. The van der Waals surface area contributed by atoms with Gasteiger partial charge >= 0.3 is 5.97 Å². The first kappa shape index (κ1) is 28.6. The Hall–Kier alpha value is -2.67. The van der Waals surface area contributed by atoms with E-state index in [-0.39, 0.29) is 30.3 Å². The average Bonchev–Trinajstić information content (AvgIpc) is 3.16. The summed E-state index contributed by atoms with van der Waals surface area (Å²) in [6, 6.07) is 8.21. The summed E-state index contributed by atoms with van der Waals surface area (Å²) in [5.74, 6) is -0.562. The van der Waals surface area contributed by atoms with E-state index < -0.39 is 11.4 Å². The summed E-state index contributed by atoms with van der Waals surface area (Å²) in [5, 5.41) is 9.08. The van der Waals surface area contributed by atoms with Gasteiger partial charge < -0.3 is 14.7 Å². The van der Waals surface area contributed by atoms with Crippen molar-refractivity contribution in [3.8, 4) is 5.75 Å². The third-order valence-electron chi connectivity index (χ3n) is 6.51. The van der Waals surface area contributed by atoms with Gasteiger partial charge in [0.15, 0.2) is 5.78 Å². The zero-order valence-electron chi connectivity index (χ0n) is 22.3. The lowest BCUT2D eigenvalue weighted by molar-refractivity contribution is -0.137. The normalized spacial score (nSPS) is 13.3. The monoisotopic (exact) mass is 501 g/mol. The van der Waals surface area contributed by atoms with Crippen LogP contribution >= 0.6 is 11.3 Å². The second-order valence-corrected chi connectivity index (χ2v) is 11.4. The van der Waals surface area contributed by atoms with Crippen LogP contribution in [0.2, 0.25) is 0 Å². The SMILES string of the molecule is CCCC(CC)(c1ccc(OCC(=O)C(C)(C)C)c(C)c1)c1cc(C)c(C(=O)N(C)CC(=O)O)s1. The number of Topliss-reactive ketones (excluding diaryl/α,β-unsaturated/α-hetero) is 1. The molecule has 0 spiro atoms. The van der Waals surface area contributed by atoms with Crippen molar-refractivity contribution in [3.63, 3.8) is 0 Å². The standard InChI is InChI=1S/C28H39NO5S/c1-9-13-28(10-2,23-15-19(4)25(35-23)26(33)29(8)16-24(31)32)20-11-12-21(18(3)14-20)34-17-22(30)27(5,6)7/h11-12,14-15H,9-10,13,16-17H2,1-8H3,(H,31,32). The molecule has 6 nitrogen and oxygen atoms in total. The first-order valence-corrected chi connectivity index (χ1v) is 12.9. The van der Waals surface area contributed by atoms with E-state index in [1.807, 2.05) is 40.7 Å². The highest BCUT2D eigenvalue weighted by molar-refractivity contribution is 7.14. The molecule has 1 unspecified atom stereocenters. The van der Waals surface area contributed by atoms with Crippen LogP contribution in [0.4, 0.5) is 0 Å². The highest BCUT2D eigenvalue weighted by Crippen LogP contribution is 2.45. The van der Waals surface area contributed by atoms with Crippen LogP contribution in [-0.4, -0.2) is 47.9 Å². The highest BCUT2D eigenvalue weighted by atomic mass is 32.1. The minimum Gasteiger partial charge on any atom is -0.486 e. The highest BCUT2D eigenvalue weighted by Gasteiger charge is 2.35. The molecular weight excluding hydrogens is 462 g/mol. The van der Waals surface area contributed by atoms with E-state index in [1.54, 1.807) is 0 Å². The molecule has 1 N–H and O–H groups in total. The fourth-order valence-corrected chi connectivity index (χ4v) is 5.72. The molecule has 2 rings (SSSR count). The number of thiophene rings is 1. The molecule has 0 radical (unpaired) electrons. The first-order chi connectivity index (χ1) is 16.3. The van der Waals surface area contributed by atoms with Crippen molar-refractivity contribution in [2.45, 2.75) is 73.1 Å². The van der Waals surface area contributed by atoms with Crippen LogP contribution in [0.25, 0.3) is 0 Å². The van der Waals surface area contributed by atoms with Gasteiger partial charge in [0.05, 0.1) is 4.88 Å². The van der Waals surface area contributed by atoms with E-state index in [9.17, 15) is 14.4 Å². The van der Waals surface area contributed by atoms with Gasteiger partial charge in [-0.05, 0) is 55.5 Å². The lowest BCUT2D eigenvalue weighted by atomic mass is 9.73. The number of aliphatic carboxylic acids is 1. The van der Waals surface area contributed by atoms with E-state index in [0.29, 0.717) is 10.6 Å². The molecule has 0 bridgehead atoms. The van der Waals surface area contributed by atoms with Crippen molar-refractivity contribution in [3.05, 3.63) is 50.7 Å². The van der Waals surface area contributed by atoms with Crippen LogP contribution in [-0.2, 0) is 15.0 Å². The number of nitrogens with zero attached hydrogens (tertiary/aromatic N) is 1. The van der Waals surface area contributed by atoms with Crippen LogP contribution in [0.5, 0.6) is 5.75 Å². The first-order valence-electron chi connectivity index (χ1n) is 12.1. The number of hydrogen-bond acceptors (Lipinski definition) is 5. The van der Waals surface area contributed by atoms with E-state index in [2.05, 4.69) is 32.0 Å². The van der Waals surface area contributed by atoms with Gasteiger partial charge in [0.2, 0.25) is 0 Å². The number of likely N-dealkylation sites (N-methyl/N-ethyl adjacent to an activating group) is 1. The summed E-state index contributed by atoms with van der Waals surface area (Å²) < 4.78 is 5.86. The maximum absolute atomic E-state index is 12.9. The molecule has 1 amide bonds. The molecular formula is C28H39NO5S. The van der Waals surface area contributed by atoms with Crippen LogP contribution < -0.4 is 4.74 Å². The third kappa shape index (κ3) is 6.51. The summed E-state index contributed by atoms with van der Waals surface area (Å²) >= 11 is 1.46. The predicted molar refractivity (Wildman–Crippen MR) is 141 cm³/mol. The van der Waals surface area contributed by atoms with Crippen LogP contribution in [0.15, 0.2) is 24.3 Å². The number of ether oxygens (including phenoxy) is 1. The molecule has 192 valence electrons. The Morgan fingerprint density at radius 1 is 1.06 bits per heavy atom. The van der Waals surface area contributed by atoms with Gasteiger partial charge in [0, 0.05) is 22.8 Å². The Morgan fingerprint density at radius 3 is 2.23 bits per heavy atom. The molecule has 35 heavy (non-hydrogen) atoms. The number of hydrogen-bond donors (Lipinski definition) is 1. The summed E-state index contributed by atoms with van der Waals surface area (Å²) in [4.78, 5) is 39.3. The molecule has 7 heteroatoms. The van der Waals surface area contributed by atoms with Crippen LogP contribution in [0.1, 0.15) is 85.1 Å². The zero-order chi connectivity index (χ0) is 26.6. The fraction of sp³-hybridized carbons (Fsp3) is 0.536. The lowest BCUT2D eigenvalue weighted by Crippen LogP contribution is -2.31. The second kappa shape index (κ2) is 11.4. The Balaban J connectivity index is 2.45. The van der Waals surface area contributed by atoms with Crippen molar-refractivity contribution in [2.75, 3.05) is 20.2 Å². The molecule has 0 saturated carbocycles. The fourth-order valence-electron chi connectivity index (χ4n) is 4.24. The summed E-state index contributed by atoms with van der Waals surface area (Å²) in [5.41, 5.74) is 2.24. The van der Waals surface area contributed by atoms with Crippen LogP contribution in [0, 0.1) is 19.3 Å². The predicted octanol–water partition coefficient (Wildman–Crippen LogP) is 6.01. The van der Waals surface area contributed by atoms with Crippen molar-refractivity contribution in [1.82, 2.24) is 4.90 Å². The summed E-state index contributed by atoms with van der Waals surface area (Å²) in [6.45, 7) is 13.6. The Kier molecular flexibility index (Phi) is 9.29. The minimum absolute atomic E-state index is 0.0387. The summed E-state index contributed by atoms with van der Waals surface area (Å²) in [7, 11) is 1.51. The maximum atomic E-state index is 12.9. The molecule has 0 aliphatic carbocycles. The van der Waals surface area contributed by atoms with Gasteiger partial charge in [-0.3, -0.25) is 14.4 Å². The van der Waals surface area contributed by atoms with E-state index in [4.69, 9.17) is 9.84 Å². The van der Waals surface area contributed by atoms with E-state index in [1.165, 1.54) is 23.3 Å². The molecule has 0 aliphatic rings.